The zero-order valence-electron chi connectivity index (χ0n) is 23.0. The minimum atomic E-state index is -0.594. The van der Waals surface area contributed by atoms with Crippen molar-refractivity contribution in [3.8, 4) is 17.7 Å². The monoisotopic (exact) mass is 532 g/mol. The Balaban J connectivity index is 1.44. The van der Waals surface area contributed by atoms with Crippen LogP contribution in [0, 0.1) is 17.8 Å². The SMILES string of the molecule is CCC(C#CC(N)=O)CCc1ccc2c(C(=Nc3ccc(CN4CCCC4)cc3)c3ccccc3)c(O)[nH]c2c1. The summed E-state index contributed by atoms with van der Waals surface area (Å²) >= 11 is 0. The summed E-state index contributed by atoms with van der Waals surface area (Å²) in [6.45, 7) is 5.37. The maximum absolute atomic E-state index is 11.1. The van der Waals surface area contributed by atoms with E-state index in [9.17, 15) is 9.90 Å². The fourth-order valence-corrected chi connectivity index (χ4v) is 5.38. The molecule has 1 atom stereocenters. The van der Waals surface area contributed by atoms with Crippen LogP contribution in [0.1, 0.15) is 54.9 Å². The molecule has 0 bridgehead atoms. The molecular formula is C34H36N4O2. The number of aryl methyl sites for hydroxylation is 1. The number of likely N-dealkylation sites (tertiary alicyclic amines) is 1. The summed E-state index contributed by atoms with van der Waals surface area (Å²) in [7, 11) is 0. The number of aromatic nitrogens is 1. The Morgan fingerprint density at radius 3 is 2.48 bits per heavy atom. The van der Waals surface area contributed by atoms with Crippen LogP contribution in [0.25, 0.3) is 10.9 Å². The third kappa shape index (κ3) is 6.62. The van der Waals surface area contributed by atoms with Crippen LogP contribution in [0.3, 0.4) is 0 Å². The number of nitrogens with one attached hydrogen (secondary N) is 1. The van der Waals surface area contributed by atoms with Crippen LogP contribution in [-0.2, 0) is 17.8 Å². The van der Waals surface area contributed by atoms with Gasteiger partial charge in [-0.05, 0) is 80.4 Å². The molecule has 0 saturated carbocycles. The van der Waals surface area contributed by atoms with Gasteiger partial charge in [0.25, 0.3) is 5.91 Å². The lowest BCUT2D eigenvalue weighted by Crippen LogP contribution is -2.18. The Labute approximate surface area is 235 Å². The molecule has 1 aliphatic heterocycles. The van der Waals surface area contributed by atoms with Gasteiger partial charge in [-0.25, -0.2) is 4.99 Å². The van der Waals surface area contributed by atoms with Crippen LogP contribution in [-0.4, -0.2) is 39.7 Å². The van der Waals surface area contributed by atoms with Gasteiger partial charge in [-0.3, -0.25) is 9.69 Å². The maximum atomic E-state index is 11.1. The number of aliphatic imine (C=N–C) groups is 1. The zero-order chi connectivity index (χ0) is 27.9. The Morgan fingerprint density at radius 2 is 1.77 bits per heavy atom. The molecule has 0 spiro atoms. The average Bonchev–Trinajstić information content (AvgIpc) is 3.59. The topological polar surface area (TPSA) is 94.7 Å². The second-order valence-electron chi connectivity index (χ2n) is 10.5. The number of nitrogens with zero attached hydrogens (tertiary/aromatic N) is 2. The van der Waals surface area contributed by atoms with Crippen molar-refractivity contribution < 1.29 is 9.90 Å². The second kappa shape index (κ2) is 12.7. The number of amides is 1. The van der Waals surface area contributed by atoms with E-state index < -0.39 is 5.91 Å². The highest BCUT2D eigenvalue weighted by atomic mass is 16.3. The van der Waals surface area contributed by atoms with Crippen LogP contribution in [0.2, 0.25) is 0 Å². The molecule has 2 heterocycles. The van der Waals surface area contributed by atoms with Gasteiger partial charge in [0, 0.05) is 28.9 Å². The number of aromatic hydroxyl groups is 1. The minimum absolute atomic E-state index is 0.0965. The van der Waals surface area contributed by atoms with E-state index in [1.54, 1.807) is 0 Å². The third-order valence-corrected chi connectivity index (χ3v) is 7.58. The molecule has 6 heteroatoms. The number of carbonyl (C=O) groups is 1. The predicted octanol–water partition coefficient (Wildman–Crippen LogP) is 6.09. The number of carbonyl (C=O) groups excluding carboxylic acids is 1. The Hall–Kier alpha value is -4.34. The van der Waals surface area contributed by atoms with Gasteiger partial charge >= 0.3 is 0 Å². The van der Waals surface area contributed by atoms with E-state index in [2.05, 4.69) is 65.0 Å². The first-order valence-electron chi connectivity index (χ1n) is 14.1. The fourth-order valence-electron chi connectivity index (χ4n) is 5.38. The van der Waals surface area contributed by atoms with Crippen LogP contribution in [0.4, 0.5) is 5.69 Å². The molecule has 1 fully saturated rings. The number of H-pyrrole nitrogens is 1. The highest BCUT2D eigenvalue weighted by Gasteiger charge is 2.19. The van der Waals surface area contributed by atoms with Crippen molar-refractivity contribution in [1.82, 2.24) is 9.88 Å². The molecule has 1 aromatic heterocycles. The quantitative estimate of drug-likeness (QED) is 0.180. The van der Waals surface area contributed by atoms with Gasteiger partial charge in [-0.2, -0.15) is 0 Å². The Kier molecular flexibility index (Phi) is 8.63. The predicted molar refractivity (Wildman–Crippen MR) is 162 cm³/mol. The van der Waals surface area contributed by atoms with E-state index in [0.717, 1.165) is 59.2 Å². The van der Waals surface area contributed by atoms with Crippen molar-refractivity contribution in [2.75, 3.05) is 13.1 Å². The standard InChI is InChI=1S/C34H36N4O2/c1-2-24(15-19-31(35)39)10-11-25-14-18-29-30(22-25)37-34(40)32(29)33(27-8-4-3-5-9-27)36-28-16-12-26(13-17-28)23-38-20-6-7-21-38/h3-5,8-9,12-14,16-18,22,24,37,40H,2,6-7,10-11,20-21,23H2,1H3,(H2,35,39). The molecule has 1 aliphatic rings. The summed E-state index contributed by atoms with van der Waals surface area (Å²) in [5.74, 6) is 5.06. The number of nitrogens with two attached hydrogens (primary N) is 1. The molecule has 4 N–H and O–H groups in total. The van der Waals surface area contributed by atoms with E-state index in [1.165, 1.54) is 31.5 Å². The number of fused-ring (bicyclic) bond motifs is 1. The van der Waals surface area contributed by atoms with Crippen molar-refractivity contribution in [2.24, 2.45) is 16.6 Å². The molecule has 1 unspecified atom stereocenters. The summed E-state index contributed by atoms with van der Waals surface area (Å²) in [4.78, 5) is 21.8. The number of benzene rings is 3. The van der Waals surface area contributed by atoms with Crippen LogP contribution in [0.5, 0.6) is 5.88 Å². The number of hydrogen-bond donors (Lipinski definition) is 3. The fraction of sp³-hybridized carbons (Fsp3) is 0.294. The lowest BCUT2D eigenvalue weighted by Gasteiger charge is -2.14. The molecule has 4 aromatic rings. The minimum Gasteiger partial charge on any atom is -0.494 e. The van der Waals surface area contributed by atoms with Gasteiger partial charge in [-0.1, -0.05) is 67.4 Å². The molecule has 1 amide bonds. The highest BCUT2D eigenvalue weighted by molar-refractivity contribution is 6.21. The van der Waals surface area contributed by atoms with Crippen molar-refractivity contribution in [3.05, 3.63) is 95.1 Å². The van der Waals surface area contributed by atoms with Gasteiger partial charge in [-0.15, -0.1) is 0 Å². The van der Waals surface area contributed by atoms with Crippen molar-refractivity contribution in [2.45, 2.75) is 45.6 Å². The van der Waals surface area contributed by atoms with Gasteiger partial charge < -0.3 is 15.8 Å². The number of primary amides is 1. The molecule has 5 rings (SSSR count). The van der Waals surface area contributed by atoms with Gasteiger partial charge in [0.2, 0.25) is 0 Å². The number of hydrogen-bond acceptors (Lipinski definition) is 4. The summed E-state index contributed by atoms with van der Waals surface area (Å²) in [6.07, 6.45) is 5.05. The van der Waals surface area contributed by atoms with Crippen molar-refractivity contribution >= 4 is 28.2 Å². The Bertz CT molecular complexity index is 1550. The van der Waals surface area contributed by atoms with Gasteiger partial charge in [0.05, 0.1) is 17.0 Å². The van der Waals surface area contributed by atoms with E-state index in [1.807, 2.05) is 36.4 Å². The van der Waals surface area contributed by atoms with Gasteiger partial charge in [0.1, 0.15) is 0 Å². The number of aromatic amines is 1. The van der Waals surface area contributed by atoms with E-state index >= 15 is 0 Å². The molecule has 0 radical (unpaired) electrons. The maximum Gasteiger partial charge on any atom is 0.293 e. The summed E-state index contributed by atoms with van der Waals surface area (Å²) in [6, 6.07) is 24.6. The van der Waals surface area contributed by atoms with Crippen LogP contribution in [0.15, 0.2) is 77.8 Å². The first-order valence-corrected chi connectivity index (χ1v) is 14.1. The summed E-state index contributed by atoms with van der Waals surface area (Å²) in [5.41, 5.74) is 11.6. The van der Waals surface area contributed by atoms with Crippen molar-refractivity contribution in [1.29, 1.82) is 0 Å². The second-order valence-corrected chi connectivity index (χ2v) is 10.5. The lowest BCUT2D eigenvalue weighted by molar-refractivity contribution is -0.112. The molecule has 3 aromatic carbocycles. The molecule has 40 heavy (non-hydrogen) atoms. The zero-order valence-corrected chi connectivity index (χ0v) is 23.0. The number of rotatable bonds is 9. The largest absolute Gasteiger partial charge is 0.494 e. The normalized spacial score (nSPS) is 14.7. The molecule has 1 saturated heterocycles. The van der Waals surface area contributed by atoms with E-state index in [0.29, 0.717) is 5.56 Å². The van der Waals surface area contributed by atoms with Crippen LogP contribution >= 0.6 is 0 Å². The van der Waals surface area contributed by atoms with E-state index in [-0.39, 0.29) is 11.8 Å². The molecule has 204 valence electrons. The third-order valence-electron chi connectivity index (χ3n) is 7.58. The average molecular weight is 533 g/mol. The van der Waals surface area contributed by atoms with Gasteiger partial charge in [0.15, 0.2) is 5.88 Å². The first kappa shape index (κ1) is 27.2. The van der Waals surface area contributed by atoms with Crippen molar-refractivity contribution in [3.63, 3.8) is 0 Å². The molecule has 6 nitrogen and oxygen atoms in total. The Morgan fingerprint density at radius 1 is 1.05 bits per heavy atom. The highest BCUT2D eigenvalue weighted by Crippen LogP contribution is 2.32. The molecular weight excluding hydrogens is 496 g/mol. The lowest BCUT2D eigenvalue weighted by atomic mass is 9.96. The summed E-state index contributed by atoms with van der Waals surface area (Å²) in [5, 5.41) is 12.0. The smallest absolute Gasteiger partial charge is 0.293 e. The molecule has 0 aliphatic carbocycles. The van der Waals surface area contributed by atoms with E-state index in [4.69, 9.17) is 10.7 Å². The van der Waals surface area contributed by atoms with Crippen LogP contribution < -0.4 is 5.73 Å². The first-order chi connectivity index (χ1) is 19.5. The summed E-state index contributed by atoms with van der Waals surface area (Å²) < 4.78 is 0.